The summed E-state index contributed by atoms with van der Waals surface area (Å²) in [5.41, 5.74) is 65.2. The molecule has 39 heteroatoms. The monoisotopic (exact) mass is 2090 g/mol. The summed E-state index contributed by atoms with van der Waals surface area (Å²) in [5.74, 6) is 2.89. The second kappa shape index (κ2) is 41.2. The third-order valence-electron chi connectivity index (χ3n) is 25.2. The molecule has 0 saturated heterocycles. The number of hydrogen-bond acceptors (Lipinski definition) is 36. The molecule has 12 N–H and O–H groups in total. The predicted octanol–water partition coefficient (Wildman–Crippen LogP) is 28.2. The van der Waals surface area contributed by atoms with Crippen LogP contribution >= 0.6 is 91.0 Å². The molecule has 0 unspecified atom stereocenters. The highest BCUT2D eigenvalue weighted by Crippen LogP contribution is 2.50. The van der Waals surface area contributed by atoms with Crippen LogP contribution in [0.2, 0.25) is 4.34 Å². The molecule has 29 nitrogen and oxygen atoms in total. The van der Waals surface area contributed by atoms with Crippen LogP contribution in [0.3, 0.4) is 0 Å². The number of rotatable bonds is 13. The van der Waals surface area contributed by atoms with E-state index in [1.807, 2.05) is 165 Å². The van der Waals surface area contributed by atoms with Crippen molar-refractivity contribution in [3.05, 3.63) is 243 Å². The van der Waals surface area contributed by atoms with Crippen LogP contribution in [0.25, 0.3) is 172 Å². The van der Waals surface area contributed by atoms with Crippen LogP contribution in [-0.2, 0) is 17.6 Å². The molecule has 0 aliphatic rings. The zero-order valence-electron chi connectivity index (χ0n) is 83.4. The van der Waals surface area contributed by atoms with Gasteiger partial charge in [0.1, 0.15) is 75.5 Å². The van der Waals surface area contributed by atoms with Crippen molar-refractivity contribution >= 4 is 192 Å². The number of esters is 1. The fourth-order valence-corrected chi connectivity index (χ4v) is 24.4. The summed E-state index contributed by atoms with van der Waals surface area (Å²) in [6, 6.07) is 33.3. The Kier molecular flexibility index (Phi) is 29.0. The molecule has 0 saturated carbocycles. The number of fused-ring (bicyclic) bond motifs is 6. The maximum atomic E-state index is 13.4. The van der Waals surface area contributed by atoms with E-state index in [-0.39, 0.29) is 23.5 Å². The van der Waals surface area contributed by atoms with E-state index < -0.39 is 5.60 Å². The van der Waals surface area contributed by atoms with Crippen molar-refractivity contribution in [2.24, 2.45) is 0 Å². The lowest BCUT2D eigenvalue weighted by Crippen LogP contribution is -2.23. The lowest BCUT2D eigenvalue weighted by Gasteiger charge is -2.18. The summed E-state index contributed by atoms with van der Waals surface area (Å²) < 4.78 is 61.6. The lowest BCUT2D eigenvalue weighted by molar-refractivity contribution is 0.00761. The SMILES string of the molecule is CCc1c(C)nc2sc(-c3nnc(-c4ccccc4)o3)c(N)c2c1C.CCc1c(C)nc2sc(C(=O)OC(C)(C)C)c(N)c2c1C.Cc1cccc(-c2nnc(-c3sc4nc(C)c(C)c(C)c4c3N)o2)c1.Cc1nc2sc(-c3nnc(-c4ccc(Cl)s4)o3)c(N)c2c(C)c1C.Cc1nc2sc(-c3nnc(-c4ccc(F)cc4)o3)c(N)c2c(C)c1C.Cc1nc2sc(-c3nnc(-c4cccc(F)c4)o3)c(N)c2c(C)c1C. The Hall–Kier alpha value is -14.6. The van der Waals surface area contributed by atoms with Crippen LogP contribution in [0.5, 0.6) is 0 Å². The molecule has 22 rings (SSSR count). The maximum Gasteiger partial charge on any atom is 0.351 e. The first-order valence-corrected chi connectivity index (χ1v) is 52.0. The van der Waals surface area contributed by atoms with E-state index in [9.17, 15) is 13.6 Å². The number of nitrogen functional groups attached to an aromatic ring is 6. The van der Waals surface area contributed by atoms with E-state index in [0.29, 0.717) is 117 Å². The van der Waals surface area contributed by atoms with Gasteiger partial charge >= 0.3 is 5.97 Å². The number of carbonyl (C=O) groups excluding carboxylic acids is 1. The van der Waals surface area contributed by atoms with E-state index in [4.69, 9.17) is 77.8 Å². The molecule has 18 aromatic heterocycles. The molecule has 4 aromatic carbocycles. The van der Waals surface area contributed by atoms with Crippen molar-refractivity contribution < 1.29 is 40.4 Å². The number of benzene rings is 4. The number of ether oxygens (including phenoxy) is 1. The number of anilines is 6. The molecular formula is C106H101ClF2N22O7S7. The molecule has 0 spiro atoms. The Bertz CT molecular complexity index is 8600. The van der Waals surface area contributed by atoms with Gasteiger partial charge in [-0.3, -0.25) is 0 Å². The molecule has 0 atom stereocenters. The van der Waals surface area contributed by atoms with Gasteiger partial charge in [0.05, 0.1) is 43.3 Å². The second-order valence-corrected chi connectivity index (χ2v) is 43.4. The van der Waals surface area contributed by atoms with Crippen molar-refractivity contribution in [1.82, 2.24) is 80.9 Å². The fourth-order valence-electron chi connectivity index (χ4n) is 16.8. The first-order chi connectivity index (χ1) is 69.1. The number of aryl methyl sites for hydroxylation is 13. The van der Waals surface area contributed by atoms with Crippen molar-refractivity contribution in [2.45, 2.75) is 171 Å². The summed E-state index contributed by atoms with van der Waals surface area (Å²) >= 11 is 16.0. The third kappa shape index (κ3) is 20.2. The van der Waals surface area contributed by atoms with Gasteiger partial charge < -0.3 is 61.2 Å². The van der Waals surface area contributed by atoms with Gasteiger partial charge in [-0.2, -0.15) is 0 Å². The Morgan fingerprint density at radius 3 is 0.966 bits per heavy atom. The van der Waals surface area contributed by atoms with E-state index in [1.165, 1.54) is 120 Å². The van der Waals surface area contributed by atoms with Crippen LogP contribution in [0, 0.1) is 129 Å². The fraction of sp³-hybridized carbons (Fsp3) is 0.236. The highest BCUT2D eigenvalue weighted by atomic mass is 35.5. The Labute approximate surface area is 865 Å². The molecule has 0 aliphatic heterocycles. The molecule has 145 heavy (non-hydrogen) atoms. The number of hydrogen-bond donors (Lipinski definition) is 6. The van der Waals surface area contributed by atoms with Gasteiger partial charge in [-0.05, 0) is 297 Å². The topological polar surface area (TPSA) is 454 Å². The quantitative estimate of drug-likeness (QED) is 0.0584. The summed E-state index contributed by atoms with van der Waals surface area (Å²) in [6.45, 7) is 44.3. The molecule has 0 amide bonds. The molecule has 740 valence electrons. The van der Waals surface area contributed by atoms with Crippen molar-refractivity contribution in [3.8, 4) is 110 Å². The highest BCUT2D eigenvalue weighted by molar-refractivity contribution is 7.24. The smallest absolute Gasteiger partial charge is 0.351 e. The predicted molar refractivity (Wildman–Crippen MR) is 585 cm³/mol. The molecule has 0 aliphatic carbocycles. The molecule has 18 heterocycles. The summed E-state index contributed by atoms with van der Waals surface area (Å²) in [7, 11) is 0. The van der Waals surface area contributed by atoms with Crippen molar-refractivity contribution in [2.75, 3.05) is 34.4 Å². The first-order valence-electron chi connectivity index (χ1n) is 45.9. The second-order valence-electron chi connectivity index (χ2n) is 35.7. The largest absolute Gasteiger partial charge is 0.456 e. The maximum absolute atomic E-state index is 13.4. The zero-order chi connectivity index (χ0) is 104. The van der Waals surface area contributed by atoms with Crippen LogP contribution in [0.15, 0.2) is 137 Å². The Morgan fingerprint density at radius 2 is 0.621 bits per heavy atom. The molecular weight excluding hydrogens is 1990 g/mol. The third-order valence-corrected chi connectivity index (χ3v) is 33.0. The number of nitrogens with two attached hydrogens (primary N) is 6. The van der Waals surface area contributed by atoms with E-state index >= 15 is 0 Å². The highest BCUT2D eigenvalue weighted by Gasteiger charge is 2.31. The lowest BCUT2D eigenvalue weighted by atomic mass is 10.0. The summed E-state index contributed by atoms with van der Waals surface area (Å²) in [5, 5.41) is 47.0. The minimum Gasteiger partial charge on any atom is -0.456 e. The van der Waals surface area contributed by atoms with E-state index in [0.717, 1.165) is 195 Å². The van der Waals surface area contributed by atoms with Gasteiger partial charge in [0.2, 0.25) is 23.6 Å². The number of aromatic nitrogens is 16. The summed E-state index contributed by atoms with van der Waals surface area (Å²) in [4.78, 5) is 50.4. The zero-order valence-corrected chi connectivity index (χ0v) is 89.8. The van der Waals surface area contributed by atoms with E-state index in [1.54, 1.807) is 30.3 Å². The van der Waals surface area contributed by atoms with Gasteiger partial charge in [0, 0.05) is 88.7 Å². The number of pyridine rings is 6. The van der Waals surface area contributed by atoms with Crippen LogP contribution in [0.1, 0.15) is 151 Å². The number of thiophene rings is 7. The molecule has 0 bridgehead atoms. The molecule has 22 aromatic rings. The normalized spacial score (nSPS) is 11.5. The molecule has 0 fully saturated rings. The van der Waals surface area contributed by atoms with Gasteiger partial charge in [-0.15, -0.1) is 130 Å². The average molecular weight is 2090 g/mol. The van der Waals surface area contributed by atoms with Crippen molar-refractivity contribution in [3.63, 3.8) is 0 Å². The minimum atomic E-state index is -0.535. The molecule has 0 radical (unpaired) electrons. The van der Waals surface area contributed by atoms with E-state index in [2.05, 4.69) is 124 Å². The minimum absolute atomic E-state index is 0.253. The van der Waals surface area contributed by atoms with Crippen LogP contribution < -0.4 is 34.4 Å². The Balaban J connectivity index is 0.000000119. The van der Waals surface area contributed by atoms with Crippen LogP contribution in [-0.4, -0.2) is 92.5 Å². The summed E-state index contributed by atoms with van der Waals surface area (Å²) in [6.07, 6.45) is 1.83. The average Bonchev–Trinajstić information content (AvgIpc) is 1.62. The van der Waals surface area contributed by atoms with Crippen LogP contribution in [0.4, 0.5) is 42.9 Å². The number of carbonyl (C=O) groups is 1. The van der Waals surface area contributed by atoms with Gasteiger partial charge in [0.25, 0.3) is 35.3 Å². The number of halogens is 3. The van der Waals surface area contributed by atoms with Crippen molar-refractivity contribution in [1.29, 1.82) is 0 Å². The first kappa shape index (κ1) is 102. The van der Waals surface area contributed by atoms with Gasteiger partial charge in [0.15, 0.2) is 0 Å². The van der Waals surface area contributed by atoms with Gasteiger partial charge in [-0.1, -0.05) is 67.4 Å². The van der Waals surface area contributed by atoms with Gasteiger partial charge in [-0.25, -0.2) is 43.5 Å². The Morgan fingerprint density at radius 1 is 0.317 bits per heavy atom. The standard InChI is InChI=1S/2C19H18N4OS.2C18H15FN4OS.C16H13ClN4OS2.C16H22N2O2S/c1-9-6-5-7-13(8-9)17-22-23-18(24-17)16-15(20)14-11(3)10(2)12(4)21-19(14)25-16;1-4-13-10(2)14-15(20)16(25-19(14)21-11(13)3)18-23-22-17(24-18)12-8-6-5-7-9-12;1-8-9(2)13-14(20)15(25-18(13)21-10(8)3)17-23-22-16(24-17)11-4-6-12(19)7-5-11;1-8-9(2)13-14(20)15(25-18(13)21-10(8)3)17-23-22-16(24-17)11-5-4-6-12(19)7-11;1-6-7(2)11-12(18)13(24-16(11)19-8(6)3)15-21-20-14(22-15)9-4-5-10(17)23-9;1-7-10-8(2)11-12(17)13(15(19)20-16(4,5)6)21-14(11)18-9(10)3/h5-8H,20H2,1-4H3;5-9H,4,20H2,1-3H3;2*4-7H,20H2,1-3H3;4-5H,18H2,1-3H3;7,17H2,1-6H3. The number of nitrogens with zero attached hydrogens (tertiary/aromatic N) is 16.